The van der Waals surface area contributed by atoms with Crippen LogP contribution >= 0.6 is 15.9 Å². The van der Waals surface area contributed by atoms with Gasteiger partial charge in [-0.15, -0.1) is 6.58 Å². The van der Waals surface area contributed by atoms with Crippen LogP contribution in [0.5, 0.6) is 0 Å². The van der Waals surface area contributed by atoms with Crippen molar-refractivity contribution in [3.05, 3.63) is 65.5 Å². The number of hydrogen-bond acceptors (Lipinski definition) is 2. The highest BCUT2D eigenvalue weighted by atomic mass is 79.9. The number of aromatic nitrogens is 2. The molecule has 3 aromatic rings. The molecule has 0 amide bonds. The van der Waals surface area contributed by atoms with Crippen molar-refractivity contribution < 1.29 is 0 Å². The second-order valence-corrected chi connectivity index (χ2v) is 6.94. The number of benzene rings is 2. The lowest BCUT2D eigenvalue weighted by atomic mass is 10.1. The van der Waals surface area contributed by atoms with Crippen molar-refractivity contribution in [1.29, 1.82) is 0 Å². The summed E-state index contributed by atoms with van der Waals surface area (Å²) in [5.41, 5.74) is 2.23. The van der Waals surface area contributed by atoms with Crippen LogP contribution in [-0.2, 0) is 0 Å². The molecule has 1 aromatic heterocycles. The Balaban J connectivity index is 1.64. The molecular formula is C19H18BrN3. The first-order chi connectivity index (χ1) is 11.2. The summed E-state index contributed by atoms with van der Waals surface area (Å²) >= 11 is 3.52. The zero-order valence-corrected chi connectivity index (χ0v) is 14.3. The topological polar surface area (TPSA) is 40.7 Å². The number of H-pyrrole nitrogens is 1. The van der Waals surface area contributed by atoms with Gasteiger partial charge in [0.2, 0.25) is 0 Å². The van der Waals surface area contributed by atoms with Gasteiger partial charge in [-0.2, -0.15) is 0 Å². The SMILES string of the molecule is C=CC1CCC(c2ncc(-c3ccc4cc(Br)ccc4c3)[nH]2)N1. The van der Waals surface area contributed by atoms with E-state index in [4.69, 9.17) is 0 Å². The molecule has 2 atom stereocenters. The van der Waals surface area contributed by atoms with Gasteiger partial charge in [-0.05, 0) is 41.8 Å². The summed E-state index contributed by atoms with van der Waals surface area (Å²) < 4.78 is 1.10. The molecule has 2 heterocycles. The number of nitrogens with one attached hydrogen (secondary N) is 2. The molecule has 116 valence electrons. The maximum Gasteiger partial charge on any atom is 0.123 e. The van der Waals surface area contributed by atoms with E-state index in [0.29, 0.717) is 12.1 Å². The number of imidazole rings is 1. The van der Waals surface area contributed by atoms with Gasteiger partial charge in [-0.3, -0.25) is 0 Å². The molecule has 0 spiro atoms. The average molecular weight is 368 g/mol. The standard InChI is InChI=1S/C19H18BrN3/c1-2-16-7-8-17(22-16)19-21-11-18(23-19)14-4-3-13-10-15(20)6-5-12(13)9-14/h2-6,9-11,16-17,22H,1,7-8H2,(H,21,23). The smallest absolute Gasteiger partial charge is 0.123 e. The fourth-order valence-electron chi connectivity index (χ4n) is 3.22. The monoisotopic (exact) mass is 367 g/mol. The van der Waals surface area contributed by atoms with Gasteiger partial charge in [0, 0.05) is 16.1 Å². The van der Waals surface area contributed by atoms with Gasteiger partial charge >= 0.3 is 0 Å². The molecule has 2 unspecified atom stereocenters. The van der Waals surface area contributed by atoms with E-state index >= 15 is 0 Å². The van der Waals surface area contributed by atoms with Crippen molar-refractivity contribution in [1.82, 2.24) is 15.3 Å². The normalized spacial score (nSPS) is 20.9. The van der Waals surface area contributed by atoms with Crippen LogP contribution in [0.4, 0.5) is 0 Å². The van der Waals surface area contributed by atoms with Gasteiger partial charge in [0.1, 0.15) is 5.82 Å². The zero-order valence-electron chi connectivity index (χ0n) is 12.7. The van der Waals surface area contributed by atoms with Crippen molar-refractivity contribution in [2.24, 2.45) is 0 Å². The third-order valence-electron chi connectivity index (χ3n) is 4.50. The predicted molar refractivity (Wildman–Crippen MR) is 98.3 cm³/mol. The van der Waals surface area contributed by atoms with Crippen molar-refractivity contribution in [3.8, 4) is 11.3 Å². The summed E-state index contributed by atoms with van der Waals surface area (Å²) in [5, 5.41) is 6.00. The van der Waals surface area contributed by atoms with Crippen molar-refractivity contribution in [3.63, 3.8) is 0 Å². The van der Waals surface area contributed by atoms with Crippen LogP contribution in [0, 0.1) is 0 Å². The molecular weight excluding hydrogens is 350 g/mol. The average Bonchev–Trinajstić information content (AvgIpc) is 3.23. The molecule has 1 fully saturated rings. The van der Waals surface area contributed by atoms with E-state index in [2.05, 4.69) is 74.2 Å². The van der Waals surface area contributed by atoms with E-state index in [-0.39, 0.29) is 0 Å². The van der Waals surface area contributed by atoms with Crippen LogP contribution in [0.15, 0.2) is 59.7 Å². The number of rotatable bonds is 3. The third kappa shape index (κ3) is 2.84. The molecule has 4 rings (SSSR count). The first-order valence-electron chi connectivity index (χ1n) is 7.86. The van der Waals surface area contributed by atoms with Gasteiger partial charge in [0.05, 0.1) is 17.9 Å². The lowest BCUT2D eigenvalue weighted by Gasteiger charge is -2.08. The Kier molecular flexibility index (Phi) is 3.79. The summed E-state index contributed by atoms with van der Waals surface area (Å²) in [5.74, 6) is 1.01. The molecule has 0 saturated carbocycles. The second-order valence-electron chi connectivity index (χ2n) is 6.03. The van der Waals surface area contributed by atoms with Crippen molar-refractivity contribution in [2.75, 3.05) is 0 Å². The maximum atomic E-state index is 4.58. The Morgan fingerprint density at radius 1 is 1.13 bits per heavy atom. The van der Waals surface area contributed by atoms with Gasteiger partial charge in [-0.1, -0.05) is 40.2 Å². The Morgan fingerprint density at radius 2 is 1.96 bits per heavy atom. The summed E-state index contributed by atoms with van der Waals surface area (Å²) in [7, 11) is 0. The van der Waals surface area contributed by atoms with Gasteiger partial charge in [-0.25, -0.2) is 4.98 Å². The molecule has 23 heavy (non-hydrogen) atoms. The second kappa shape index (κ2) is 5.95. The highest BCUT2D eigenvalue weighted by molar-refractivity contribution is 9.10. The predicted octanol–water partition coefficient (Wildman–Crippen LogP) is 4.97. The minimum absolute atomic E-state index is 0.295. The van der Waals surface area contributed by atoms with E-state index in [1.54, 1.807) is 0 Å². The molecule has 1 saturated heterocycles. The quantitative estimate of drug-likeness (QED) is 0.641. The zero-order chi connectivity index (χ0) is 15.8. The third-order valence-corrected chi connectivity index (χ3v) is 5.00. The first kappa shape index (κ1) is 14.7. The van der Waals surface area contributed by atoms with E-state index in [9.17, 15) is 0 Å². The Hall–Kier alpha value is -1.91. The summed E-state index contributed by atoms with van der Waals surface area (Å²) in [6.45, 7) is 3.86. The Labute approximate surface area is 144 Å². The van der Waals surface area contributed by atoms with Crippen LogP contribution in [0.3, 0.4) is 0 Å². The lowest BCUT2D eigenvalue weighted by molar-refractivity contribution is 0.586. The molecule has 1 aliphatic rings. The first-order valence-corrected chi connectivity index (χ1v) is 8.65. The summed E-state index contributed by atoms with van der Waals surface area (Å²) in [6.07, 6.45) is 6.12. The fraction of sp³-hybridized carbons (Fsp3) is 0.211. The van der Waals surface area contributed by atoms with Crippen LogP contribution in [0.1, 0.15) is 24.7 Å². The molecule has 0 radical (unpaired) electrons. The molecule has 3 nitrogen and oxygen atoms in total. The van der Waals surface area contributed by atoms with Crippen LogP contribution < -0.4 is 5.32 Å². The van der Waals surface area contributed by atoms with Crippen LogP contribution in [0.2, 0.25) is 0 Å². The van der Waals surface area contributed by atoms with Crippen LogP contribution in [0.25, 0.3) is 22.0 Å². The Morgan fingerprint density at radius 3 is 2.78 bits per heavy atom. The number of nitrogens with zero attached hydrogens (tertiary/aromatic N) is 1. The number of hydrogen-bond donors (Lipinski definition) is 2. The summed E-state index contributed by atoms with van der Waals surface area (Å²) in [6, 6.07) is 13.5. The van der Waals surface area contributed by atoms with E-state index in [1.165, 1.54) is 10.8 Å². The lowest BCUT2D eigenvalue weighted by Crippen LogP contribution is -2.22. The van der Waals surface area contributed by atoms with Crippen molar-refractivity contribution >= 4 is 26.7 Å². The minimum Gasteiger partial charge on any atom is -0.341 e. The van der Waals surface area contributed by atoms with Crippen LogP contribution in [-0.4, -0.2) is 16.0 Å². The molecule has 0 aliphatic carbocycles. The fourth-order valence-corrected chi connectivity index (χ4v) is 3.60. The van der Waals surface area contributed by atoms with E-state index in [0.717, 1.165) is 34.4 Å². The maximum absolute atomic E-state index is 4.58. The minimum atomic E-state index is 0.295. The van der Waals surface area contributed by atoms with E-state index < -0.39 is 0 Å². The molecule has 4 heteroatoms. The van der Waals surface area contributed by atoms with Gasteiger partial charge in [0.25, 0.3) is 0 Å². The van der Waals surface area contributed by atoms with Gasteiger partial charge in [0.15, 0.2) is 0 Å². The highest BCUT2D eigenvalue weighted by Gasteiger charge is 2.24. The van der Waals surface area contributed by atoms with Crippen molar-refractivity contribution in [2.45, 2.75) is 24.9 Å². The summed E-state index contributed by atoms with van der Waals surface area (Å²) in [4.78, 5) is 8.05. The molecule has 1 aliphatic heterocycles. The largest absolute Gasteiger partial charge is 0.341 e. The number of halogens is 1. The number of aromatic amines is 1. The number of fused-ring (bicyclic) bond motifs is 1. The molecule has 2 N–H and O–H groups in total. The van der Waals surface area contributed by atoms with Gasteiger partial charge < -0.3 is 10.3 Å². The highest BCUT2D eigenvalue weighted by Crippen LogP contribution is 2.29. The molecule has 2 aromatic carbocycles. The molecule has 0 bridgehead atoms. The Bertz CT molecular complexity index is 868. The van der Waals surface area contributed by atoms with E-state index in [1.807, 2.05) is 12.3 Å².